The molecule has 4 rings (SSSR count). The Balaban J connectivity index is 1.42. The highest BCUT2D eigenvalue weighted by atomic mass is 32.2. The fourth-order valence-electron chi connectivity index (χ4n) is 3.40. The predicted molar refractivity (Wildman–Crippen MR) is 111 cm³/mol. The second-order valence-corrected chi connectivity index (χ2v) is 8.80. The lowest BCUT2D eigenvalue weighted by atomic mass is 9.97. The van der Waals surface area contributed by atoms with Gasteiger partial charge >= 0.3 is 0 Å². The Kier molecular flexibility index (Phi) is 5.31. The first kappa shape index (κ1) is 18.3. The minimum atomic E-state index is -0.0813. The highest BCUT2D eigenvalue weighted by molar-refractivity contribution is 7.99. The number of aryl methyl sites for hydroxylation is 3. The Morgan fingerprint density at radius 3 is 2.96 bits per heavy atom. The number of aromatic amines is 1. The summed E-state index contributed by atoms with van der Waals surface area (Å²) in [6.45, 7) is 2.54. The van der Waals surface area contributed by atoms with E-state index in [1.165, 1.54) is 28.6 Å². The first-order valence-corrected chi connectivity index (χ1v) is 10.9. The van der Waals surface area contributed by atoms with Gasteiger partial charge in [0.1, 0.15) is 4.83 Å². The number of rotatable bonds is 5. The molecule has 0 saturated heterocycles. The number of carbonyl (C=O) groups is 1. The third-order valence-electron chi connectivity index (χ3n) is 4.88. The molecule has 0 spiro atoms. The van der Waals surface area contributed by atoms with Crippen LogP contribution < -0.4 is 10.9 Å². The van der Waals surface area contributed by atoms with Gasteiger partial charge in [0, 0.05) is 11.4 Å². The summed E-state index contributed by atoms with van der Waals surface area (Å²) in [5, 5.41) is 4.19. The lowest BCUT2D eigenvalue weighted by Gasteiger charge is -2.09. The molecule has 1 aromatic carbocycles. The average Bonchev–Trinajstić information content (AvgIpc) is 3.04. The molecule has 0 radical (unpaired) electrons. The maximum atomic E-state index is 12.5. The van der Waals surface area contributed by atoms with Crippen LogP contribution in [0.5, 0.6) is 0 Å². The molecular weight excluding hydrogens is 378 g/mol. The monoisotopic (exact) mass is 399 g/mol. The second kappa shape index (κ2) is 7.86. The van der Waals surface area contributed by atoms with Crippen molar-refractivity contribution in [2.75, 3.05) is 5.75 Å². The highest BCUT2D eigenvalue weighted by Crippen LogP contribution is 2.34. The first-order chi connectivity index (χ1) is 13.1. The quantitative estimate of drug-likeness (QED) is 0.508. The van der Waals surface area contributed by atoms with E-state index in [9.17, 15) is 9.59 Å². The second-order valence-electron chi connectivity index (χ2n) is 6.75. The van der Waals surface area contributed by atoms with Crippen LogP contribution >= 0.6 is 23.1 Å². The molecule has 0 fully saturated rings. The number of nitrogens with one attached hydrogen (secondary N) is 2. The van der Waals surface area contributed by atoms with Crippen molar-refractivity contribution in [3.05, 3.63) is 56.2 Å². The normalized spacial score (nSPS) is 13.5. The van der Waals surface area contributed by atoms with Gasteiger partial charge in [0.05, 0.1) is 11.1 Å². The molecule has 0 atom stereocenters. The van der Waals surface area contributed by atoms with Crippen molar-refractivity contribution < 1.29 is 4.79 Å². The summed E-state index contributed by atoms with van der Waals surface area (Å²) in [6, 6.07) is 7.99. The van der Waals surface area contributed by atoms with E-state index in [1.807, 2.05) is 31.2 Å². The van der Waals surface area contributed by atoms with Crippen molar-refractivity contribution in [1.82, 2.24) is 15.3 Å². The van der Waals surface area contributed by atoms with E-state index in [0.29, 0.717) is 11.7 Å². The van der Waals surface area contributed by atoms with Crippen LogP contribution in [0.1, 0.15) is 34.4 Å². The van der Waals surface area contributed by atoms with Gasteiger partial charge < -0.3 is 10.3 Å². The molecule has 0 bridgehead atoms. The number of amides is 1. The van der Waals surface area contributed by atoms with Crippen LogP contribution in [-0.4, -0.2) is 21.6 Å². The SMILES string of the molecule is Cc1ccccc1CNC(=O)CSc1nc2sc3c(c2c(=O)[nH]1)CCCC3. The summed E-state index contributed by atoms with van der Waals surface area (Å²) < 4.78 is 0. The fraction of sp³-hybridized carbons (Fsp3) is 0.350. The Morgan fingerprint density at radius 2 is 2.11 bits per heavy atom. The van der Waals surface area contributed by atoms with Crippen LogP contribution in [0.25, 0.3) is 10.2 Å². The van der Waals surface area contributed by atoms with Gasteiger partial charge in [-0.1, -0.05) is 36.0 Å². The molecule has 0 aliphatic heterocycles. The standard InChI is InChI=1S/C20H21N3O2S2/c1-12-6-2-3-7-13(12)10-21-16(24)11-26-20-22-18(25)17-14-8-4-5-9-15(14)27-19(17)23-20/h2-3,6-7H,4-5,8-11H2,1H3,(H,21,24)(H,22,23,25). The van der Waals surface area contributed by atoms with Gasteiger partial charge in [0.15, 0.2) is 5.16 Å². The molecular formula is C20H21N3O2S2. The van der Waals surface area contributed by atoms with Crippen LogP contribution in [0.3, 0.4) is 0 Å². The molecule has 2 aromatic heterocycles. The number of hydrogen-bond donors (Lipinski definition) is 2. The van der Waals surface area contributed by atoms with Crippen molar-refractivity contribution in [3.8, 4) is 0 Å². The molecule has 1 aliphatic carbocycles. The molecule has 3 aromatic rings. The van der Waals surface area contributed by atoms with Crippen molar-refractivity contribution in [2.24, 2.45) is 0 Å². The van der Waals surface area contributed by atoms with Crippen molar-refractivity contribution in [2.45, 2.75) is 44.3 Å². The maximum absolute atomic E-state index is 12.5. The molecule has 140 valence electrons. The zero-order chi connectivity index (χ0) is 18.8. The van der Waals surface area contributed by atoms with E-state index in [4.69, 9.17) is 0 Å². The van der Waals surface area contributed by atoms with Crippen LogP contribution in [0.15, 0.2) is 34.2 Å². The molecule has 0 unspecified atom stereocenters. The van der Waals surface area contributed by atoms with Gasteiger partial charge in [-0.2, -0.15) is 0 Å². The van der Waals surface area contributed by atoms with E-state index in [1.54, 1.807) is 11.3 Å². The summed E-state index contributed by atoms with van der Waals surface area (Å²) in [6.07, 6.45) is 4.32. The van der Waals surface area contributed by atoms with E-state index in [2.05, 4.69) is 15.3 Å². The number of hydrogen-bond acceptors (Lipinski definition) is 5. The summed E-state index contributed by atoms with van der Waals surface area (Å²) in [4.78, 5) is 34.2. The number of benzene rings is 1. The third kappa shape index (κ3) is 3.94. The van der Waals surface area contributed by atoms with Gasteiger partial charge in [-0.25, -0.2) is 4.98 Å². The zero-order valence-electron chi connectivity index (χ0n) is 15.1. The van der Waals surface area contributed by atoms with Gasteiger partial charge in [0.2, 0.25) is 5.91 Å². The topological polar surface area (TPSA) is 74.8 Å². The molecule has 7 heteroatoms. The summed E-state index contributed by atoms with van der Waals surface area (Å²) in [5.41, 5.74) is 3.36. The van der Waals surface area contributed by atoms with Gasteiger partial charge in [0.25, 0.3) is 5.56 Å². The molecule has 2 N–H and O–H groups in total. The molecule has 27 heavy (non-hydrogen) atoms. The molecule has 5 nitrogen and oxygen atoms in total. The minimum absolute atomic E-state index is 0.0727. The number of H-pyrrole nitrogens is 1. The van der Waals surface area contributed by atoms with Crippen LogP contribution in [0, 0.1) is 6.92 Å². The van der Waals surface area contributed by atoms with Crippen molar-refractivity contribution in [1.29, 1.82) is 0 Å². The summed E-state index contributed by atoms with van der Waals surface area (Å²) in [5.74, 6) is 0.155. The Labute approximate surface area is 165 Å². The number of thiophene rings is 1. The van der Waals surface area contributed by atoms with Gasteiger partial charge in [-0.15, -0.1) is 11.3 Å². The van der Waals surface area contributed by atoms with Crippen molar-refractivity contribution in [3.63, 3.8) is 0 Å². The lowest BCUT2D eigenvalue weighted by Crippen LogP contribution is -2.25. The zero-order valence-corrected chi connectivity index (χ0v) is 16.8. The van der Waals surface area contributed by atoms with Gasteiger partial charge in [-0.05, 0) is 49.3 Å². The number of fused-ring (bicyclic) bond motifs is 3. The van der Waals surface area contributed by atoms with E-state index in [0.717, 1.165) is 40.6 Å². The lowest BCUT2D eigenvalue weighted by molar-refractivity contribution is -0.118. The maximum Gasteiger partial charge on any atom is 0.260 e. The molecule has 1 amide bonds. The van der Waals surface area contributed by atoms with Crippen LogP contribution in [0.4, 0.5) is 0 Å². The van der Waals surface area contributed by atoms with E-state index in [-0.39, 0.29) is 17.2 Å². The molecule has 1 aliphatic rings. The summed E-state index contributed by atoms with van der Waals surface area (Å²) >= 11 is 2.90. The minimum Gasteiger partial charge on any atom is -0.351 e. The molecule has 0 saturated carbocycles. The Hall–Kier alpha value is -2.12. The number of nitrogens with zero attached hydrogens (tertiary/aromatic N) is 1. The van der Waals surface area contributed by atoms with Gasteiger partial charge in [-0.3, -0.25) is 9.59 Å². The third-order valence-corrected chi connectivity index (χ3v) is 6.94. The number of aromatic nitrogens is 2. The van der Waals surface area contributed by atoms with Crippen LogP contribution in [0.2, 0.25) is 0 Å². The Bertz CT molecular complexity index is 1060. The summed E-state index contributed by atoms with van der Waals surface area (Å²) in [7, 11) is 0. The smallest absolute Gasteiger partial charge is 0.260 e. The van der Waals surface area contributed by atoms with Crippen molar-refractivity contribution >= 4 is 39.2 Å². The number of carbonyl (C=O) groups excluding carboxylic acids is 1. The molecule has 2 heterocycles. The van der Waals surface area contributed by atoms with E-state index >= 15 is 0 Å². The van der Waals surface area contributed by atoms with Crippen LogP contribution in [-0.2, 0) is 24.2 Å². The first-order valence-electron chi connectivity index (χ1n) is 9.10. The average molecular weight is 400 g/mol. The number of thioether (sulfide) groups is 1. The predicted octanol–water partition coefficient (Wildman–Crippen LogP) is 3.58. The van der Waals surface area contributed by atoms with E-state index < -0.39 is 0 Å². The fourth-order valence-corrected chi connectivity index (χ4v) is 5.41. The largest absolute Gasteiger partial charge is 0.351 e. The Morgan fingerprint density at radius 1 is 1.30 bits per heavy atom. The highest BCUT2D eigenvalue weighted by Gasteiger charge is 2.20.